The van der Waals surface area contributed by atoms with E-state index in [1.165, 1.54) is 38.8 Å². The zero-order chi connectivity index (χ0) is 12.6. The molecule has 1 aliphatic heterocycles. The molecule has 3 unspecified atom stereocenters. The van der Waals surface area contributed by atoms with Gasteiger partial charge in [-0.15, -0.1) is 0 Å². The molecule has 0 spiro atoms. The molecule has 1 saturated carbocycles. The first-order valence-electron chi connectivity index (χ1n) is 7.05. The Morgan fingerprint density at radius 1 is 1.24 bits per heavy atom. The molecule has 0 aromatic heterocycles. The zero-order valence-electron chi connectivity index (χ0n) is 11.9. The Labute approximate surface area is 106 Å². The number of nitrogens with two attached hydrogens (primary N) is 1. The van der Waals surface area contributed by atoms with E-state index in [1.807, 2.05) is 0 Å². The molecule has 0 amide bonds. The van der Waals surface area contributed by atoms with Crippen LogP contribution in [0.2, 0.25) is 0 Å². The van der Waals surface area contributed by atoms with Crippen molar-refractivity contribution in [2.24, 2.45) is 11.1 Å². The summed E-state index contributed by atoms with van der Waals surface area (Å²) in [4.78, 5) is 5.01. The second-order valence-corrected chi connectivity index (χ2v) is 7.04. The molecular weight excluding hydrogens is 210 g/mol. The smallest absolute Gasteiger partial charge is 0.0252 e. The minimum absolute atomic E-state index is 0.393. The number of hydrogen-bond acceptors (Lipinski definition) is 3. The SMILES string of the molecule is CN(C)C1CCN(C2CC(C)(C)CCC2N)C1. The number of likely N-dealkylation sites (tertiary alicyclic amines) is 1. The second-order valence-electron chi connectivity index (χ2n) is 7.04. The molecule has 100 valence electrons. The average molecular weight is 239 g/mol. The van der Waals surface area contributed by atoms with Crippen molar-refractivity contribution in [1.29, 1.82) is 0 Å². The van der Waals surface area contributed by atoms with E-state index in [4.69, 9.17) is 5.73 Å². The first kappa shape index (κ1) is 13.3. The molecule has 1 aliphatic carbocycles. The topological polar surface area (TPSA) is 32.5 Å². The number of nitrogens with zero attached hydrogens (tertiary/aromatic N) is 2. The van der Waals surface area contributed by atoms with Gasteiger partial charge in [0.1, 0.15) is 0 Å². The Morgan fingerprint density at radius 2 is 1.94 bits per heavy atom. The van der Waals surface area contributed by atoms with Gasteiger partial charge in [0.05, 0.1) is 0 Å². The van der Waals surface area contributed by atoms with Crippen molar-refractivity contribution in [3.8, 4) is 0 Å². The van der Waals surface area contributed by atoms with Crippen molar-refractivity contribution in [2.45, 2.75) is 57.7 Å². The first-order valence-corrected chi connectivity index (χ1v) is 7.05. The highest BCUT2D eigenvalue weighted by atomic mass is 15.3. The van der Waals surface area contributed by atoms with Gasteiger partial charge in [-0.25, -0.2) is 0 Å². The molecule has 0 aromatic carbocycles. The third-order valence-corrected chi connectivity index (χ3v) is 4.80. The van der Waals surface area contributed by atoms with Gasteiger partial charge >= 0.3 is 0 Å². The van der Waals surface area contributed by atoms with Gasteiger partial charge in [0.2, 0.25) is 0 Å². The summed E-state index contributed by atoms with van der Waals surface area (Å²) in [6, 6.07) is 1.74. The number of likely N-dealkylation sites (N-methyl/N-ethyl adjacent to an activating group) is 1. The van der Waals surface area contributed by atoms with Crippen molar-refractivity contribution >= 4 is 0 Å². The van der Waals surface area contributed by atoms with Gasteiger partial charge in [0.25, 0.3) is 0 Å². The fourth-order valence-corrected chi connectivity index (χ4v) is 3.46. The Balaban J connectivity index is 1.97. The van der Waals surface area contributed by atoms with Crippen LogP contribution in [0.15, 0.2) is 0 Å². The Hall–Kier alpha value is -0.120. The molecule has 3 atom stereocenters. The molecule has 0 bridgehead atoms. The third kappa shape index (κ3) is 3.01. The van der Waals surface area contributed by atoms with E-state index < -0.39 is 0 Å². The van der Waals surface area contributed by atoms with Gasteiger partial charge in [-0.05, 0) is 45.2 Å². The molecule has 0 aromatic rings. The van der Waals surface area contributed by atoms with Crippen LogP contribution in [-0.2, 0) is 0 Å². The highest BCUT2D eigenvalue weighted by Gasteiger charge is 2.39. The van der Waals surface area contributed by atoms with Crippen LogP contribution in [0.1, 0.15) is 39.5 Å². The van der Waals surface area contributed by atoms with E-state index in [-0.39, 0.29) is 0 Å². The molecular formula is C14H29N3. The summed E-state index contributed by atoms with van der Waals surface area (Å²) in [5.41, 5.74) is 6.83. The van der Waals surface area contributed by atoms with E-state index in [2.05, 4.69) is 37.7 Å². The van der Waals surface area contributed by atoms with Crippen LogP contribution in [0.25, 0.3) is 0 Å². The van der Waals surface area contributed by atoms with Crippen molar-refractivity contribution < 1.29 is 0 Å². The molecule has 1 heterocycles. The standard InChI is InChI=1S/C14H29N3/c1-14(2)7-5-12(15)13(9-14)17-8-6-11(10-17)16(3)4/h11-13H,5-10,15H2,1-4H3. The molecule has 2 N–H and O–H groups in total. The number of rotatable bonds is 2. The van der Waals surface area contributed by atoms with Crippen LogP contribution in [0.4, 0.5) is 0 Å². The van der Waals surface area contributed by atoms with E-state index >= 15 is 0 Å². The lowest BCUT2D eigenvalue weighted by Crippen LogP contribution is -2.52. The summed E-state index contributed by atoms with van der Waals surface area (Å²) in [7, 11) is 4.39. The molecule has 3 heteroatoms. The highest BCUT2D eigenvalue weighted by molar-refractivity contribution is 4.96. The molecule has 2 aliphatic rings. The van der Waals surface area contributed by atoms with Gasteiger partial charge < -0.3 is 10.6 Å². The molecule has 0 radical (unpaired) electrons. The van der Waals surface area contributed by atoms with E-state index in [0.717, 1.165) is 6.04 Å². The van der Waals surface area contributed by atoms with E-state index in [1.54, 1.807) is 0 Å². The normalized spacial score (nSPS) is 38.8. The lowest BCUT2D eigenvalue weighted by atomic mass is 9.73. The molecule has 17 heavy (non-hydrogen) atoms. The summed E-state index contributed by atoms with van der Waals surface area (Å²) >= 11 is 0. The summed E-state index contributed by atoms with van der Waals surface area (Å²) < 4.78 is 0. The zero-order valence-corrected chi connectivity index (χ0v) is 11.9. The van der Waals surface area contributed by atoms with Crippen LogP contribution in [0, 0.1) is 5.41 Å². The van der Waals surface area contributed by atoms with Crippen LogP contribution in [0.3, 0.4) is 0 Å². The minimum atomic E-state index is 0.393. The molecule has 1 saturated heterocycles. The van der Waals surface area contributed by atoms with Gasteiger partial charge in [-0.2, -0.15) is 0 Å². The molecule has 2 fully saturated rings. The maximum Gasteiger partial charge on any atom is 0.0252 e. The lowest BCUT2D eigenvalue weighted by Gasteiger charge is -2.43. The van der Waals surface area contributed by atoms with Crippen LogP contribution in [0.5, 0.6) is 0 Å². The Bertz CT molecular complexity index is 262. The summed E-state index contributed by atoms with van der Waals surface area (Å²) in [6.07, 6.45) is 5.06. The Kier molecular flexibility index (Phi) is 3.81. The van der Waals surface area contributed by atoms with Crippen molar-refractivity contribution in [3.05, 3.63) is 0 Å². The minimum Gasteiger partial charge on any atom is -0.326 e. The van der Waals surface area contributed by atoms with Crippen molar-refractivity contribution in [3.63, 3.8) is 0 Å². The predicted molar refractivity (Wildman–Crippen MR) is 73.1 cm³/mol. The van der Waals surface area contributed by atoms with E-state index in [0.29, 0.717) is 17.5 Å². The quantitative estimate of drug-likeness (QED) is 0.793. The molecule has 2 rings (SSSR count). The molecule has 3 nitrogen and oxygen atoms in total. The van der Waals surface area contributed by atoms with Crippen LogP contribution >= 0.6 is 0 Å². The van der Waals surface area contributed by atoms with Gasteiger partial charge in [0, 0.05) is 31.2 Å². The second kappa shape index (κ2) is 4.87. The predicted octanol–water partition coefficient (Wildman–Crippen LogP) is 1.53. The fourth-order valence-electron chi connectivity index (χ4n) is 3.46. The largest absolute Gasteiger partial charge is 0.326 e. The summed E-state index contributed by atoms with van der Waals surface area (Å²) in [5, 5.41) is 0. The van der Waals surface area contributed by atoms with E-state index in [9.17, 15) is 0 Å². The summed E-state index contributed by atoms with van der Waals surface area (Å²) in [5.74, 6) is 0. The van der Waals surface area contributed by atoms with Crippen molar-refractivity contribution in [1.82, 2.24) is 9.80 Å². The van der Waals surface area contributed by atoms with Crippen molar-refractivity contribution in [2.75, 3.05) is 27.2 Å². The number of hydrogen-bond donors (Lipinski definition) is 1. The third-order valence-electron chi connectivity index (χ3n) is 4.80. The fraction of sp³-hybridized carbons (Fsp3) is 1.00. The van der Waals surface area contributed by atoms with Gasteiger partial charge in [0.15, 0.2) is 0 Å². The lowest BCUT2D eigenvalue weighted by molar-refractivity contribution is 0.0902. The van der Waals surface area contributed by atoms with Crippen LogP contribution < -0.4 is 5.73 Å². The van der Waals surface area contributed by atoms with Crippen LogP contribution in [-0.4, -0.2) is 55.1 Å². The highest BCUT2D eigenvalue weighted by Crippen LogP contribution is 2.37. The monoisotopic (exact) mass is 239 g/mol. The Morgan fingerprint density at radius 3 is 2.53 bits per heavy atom. The van der Waals surface area contributed by atoms with Gasteiger partial charge in [-0.3, -0.25) is 4.90 Å². The maximum atomic E-state index is 6.35. The summed E-state index contributed by atoms with van der Waals surface area (Å²) in [6.45, 7) is 7.23. The first-order chi connectivity index (χ1) is 7.89. The average Bonchev–Trinajstić information content (AvgIpc) is 2.71. The van der Waals surface area contributed by atoms with Gasteiger partial charge in [-0.1, -0.05) is 13.8 Å². The maximum absolute atomic E-state index is 6.35.